The van der Waals surface area contributed by atoms with Crippen molar-refractivity contribution < 1.29 is 4.74 Å². The number of rotatable bonds is 6. The van der Waals surface area contributed by atoms with Gasteiger partial charge < -0.3 is 15.0 Å². The van der Waals surface area contributed by atoms with Crippen LogP contribution in [-0.2, 0) is 6.54 Å². The van der Waals surface area contributed by atoms with Crippen molar-refractivity contribution in [1.82, 2.24) is 15.1 Å². The Morgan fingerprint density at radius 2 is 2.00 bits per heavy atom. The van der Waals surface area contributed by atoms with Gasteiger partial charge in [0, 0.05) is 45.8 Å². The average molecular weight is 342 g/mol. The zero-order chi connectivity index (χ0) is 14.4. The van der Waals surface area contributed by atoms with Crippen LogP contribution in [0.15, 0.2) is 22.7 Å². The quantitative estimate of drug-likeness (QED) is 0.798. The summed E-state index contributed by atoms with van der Waals surface area (Å²) in [5.74, 6) is 0.881. The zero-order valence-corrected chi connectivity index (χ0v) is 13.9. The second-order valence-electron chi connectivity index (χ2n) is 5.29. The van der Waals surface area contributed by atoms with E-state index in [9.17, 15) is 0 Å². The first kappa shape index (κ1) is 15.8. The third kappa shape index (κ3) is 4.74. The molecular formula is C15H24BrN3O. The molecule has 0 aromatic heterocycles. The van der Waals surface area contributed by atoms with E-state index in [0.717, 1.165) is 29.9 Å². The summed E-state index contributed by atoms with van der Waals surface area (Å²) in [6.45, 7) is 7.81. The lowest BCUT2D eigenvalue weighted by molar-refractivity contribution is 0.154. The van der Waals surface area contributed by atoms with Gasteiger partial charge in [-0.05, 0) is 40.7 Å². The molecule has 1 aliphatic heterocycles. The Labute approximate surface area is 130 Å². The Balaban J connectivity index is 1.67. The van der Waals surface area contributed by atoms with E-state index in [-0.39, 0.29) is 0 Å². The molecule has 4 nitrogen and oxygen atoms in total. The molecule has 1 aromatic rings. The highest BCUT2D eigenvalue weighted by Crippen LogP contribution is 2.25. The van der Waals surface area contributed by atoms with Gasteiger partial charge in [0.2, 0.25) is 0 Å². The Morgan fingerprint density at radius 3 is 2.65 bits per heavy atom. The van der Waals surface area contributed by atoms with Crippen LogP contribution >= 0.6 is 15.9 Å². The largest absolute Gasteiger partial charge is 0.496 e. The van der Waals surface area contributed by atoms with Crippen molar-refractivity contribution in [2.24, 2.45) is 0 Å². The first-order valence-electron chi connectivity index (χ1n) is 7.13. The summed E-state index contributed by atoms with van der Waals surface area (Å²) in [5.41, 5.74) is 1.27. The van der Waals surface area contributed by atoms with Crippen LogP contribution in [0.2, 0.25) is 0 Å². The van der Waals surface area contributed by atoms with Crippen LogP contribution in [0.4, 0.5) is 0 Å². The van der Waals surface area contributed by atoms with E-state index >= 15 is 0 Å². The molecule has 1 N–H and O–H groups in total. The molecule has 1 aliphatic rings. The molecule has 0 bridgehead atoms. The molecule has 1 aromatic carbocycles. The summed E-state index contributed by atoms with van der Waals surface area (Å²) in [4.78, 5) is 4.91. The van der Waals surface area contributed by atoms with Crippen LogP contribution in [0, 0.1) is 0 Å². The molecule has 20 heavy (non-hydrogen) atoms. The van der Waals surface area contributed by atoms with Gasteiger partial charge in [0.05, 0.1) is 11.6 Å². The van der Waals surface area contributed by atoms with Gasteiger partial charge in [-0.25, -0.2) is 0 Å². The summed E-state index contributed by atoms with van der Waals surface area (Å²) in [6, 6.07) is 6.22. The van der Waals surface area contributed by atoms with Crippen LogP contribution in [0.1, 0.15) is 5.56 Å². The Hall–Kier alpha value is -0.620. The van der Waals surface area contributed by atoms with E-state index in [1.54, 1.807) is 7.11 Å². The minimum Gasteiger partial charge on any atom is -0.496 e. The highest BCUT2D eigenvalue weighted by molar-refractivity contribution is 9.10. The van der Waals surface area contributed by atoms with E-state index in [0.29, 0.717) is 0 Å². The highest BCUT2D eigenvalue weighted by atomic mass is 79.9. The number of halogens is 1. The number of hydrogen-bond donors (Lipinski definition) is 1. The van der Waals surface area contributed by atoms with Gasteiger partial charge in [-0.2, -0.15) is 0 Å². The topological polar surface area (TPSA) is 27.7 Å². The number of nitrogens with one attached hydrogen (secondary N) is 1. The van der Waals surface area contributed by atoms with Gasteiger partial charge in [0.15, 0.2) is 0 Å². The molecule has 5 heteroatoms. The highest BCUT2D eigenvalue weighted by Gasteiger charge is 2.12. The molecule has 2 rings (SSSR count). The summed E-state index contributed by atoms with van der Waals surface area (Å²) in [7, 11) is 3.88. The Bertz CT molecular complexity index is 420. The van der Waals surface area contributed by atoms with Crippen LogP contribution in [0.5, 0.6) is 5.75 Å². The van der Waals surface area contributed by atoms with Crippen LogP contribution in [-0.4, -0.2) is 63.2 Å². The van der Waals surface area contributed by atoms with Gasteiger partial charge in [-0.15, -0.1) is 0 Å². The SMILES string of the molecule is COc1ccc(CNCCN2CCN(C)CC2)cc1Br. The molecule has 0 amide bonds. The zero-order valence-electron chi connectivity index (χ0n) is 12.4. The van der Waals surface area contributed by atoms with Crippen LogP contribution in [0.3, 0.4) is 0 Å². The number of piperazine rings is 1. The average Bonchev–Trinajstić information content (AvgIpc) is 2.46. The molecule has 0 spiro atoms. The Kier molecular flexibility index (Phi) is 6.29. The molecule has 1 heterocycles. The molecule has 0 atom stereocenters. The van der Waals surface area contributed by atoms with Gasteiger partial charge in [-0.3, -0.25) is 4.90 Å². The fourth-order valence-corrected chi connectivity index (χ4v) is 2.95. The smallest absolute Gasteiger partial charge is 0.133 e. The lowest BCUT2D eigenvalue weighted by atomic mass is 10.2. The maximum atomic E-state index is 5.24. The molecule has 112 valence electrons. The molecule has 0 unspecified atom stereocenters. The standard InChI is InChI=1S/C15H24BrN3O/c1-18-7-9-19(10-8-18)6-5-17-12-13-3-4-15(20-2)14(16)11-13/h3-4,11,17H,5-10,12H2,1-2H3. The van der Waals surface area contributed by atoms with Crippen molar-refractivity contribution in [2.45, 2.75) is 6.54 Å². The van der Waals surface area contributed by atoms with Crippen LogP contribution < -0.4 is 10.1 Å². The summed E-state index contributed by atoms with van der Waals surface area (Å²) >= 11 is 3.52. The van der Waals surface area contributed by atoms with E-state index in [2.05, 4.69) is 50.2 Å². The van der Waals surface area contributed by atoms with E-state index in [4.69, 9.17) is 4.74 Å². The molecule has 1 saturated heterocycles. The third-order valence-electron chi connectivity index (χ3n) is 3.75. The van der Waals surface area contributed by atoms with E-state index < -0.39 is 0 Å². The molecule has 1 fully saturated rings. The van der Waals surface area contributed by atoms with Crippen molar-refractivity contribution in [1.29, 1.82) is 0 Å². The first-order valence-corrected chi connectivity index (χ1v) is 7.92. The third-order valence-corrected chi connectivity index (χ3v) is 4.37. The number of hydrogen-bond acceptors (Lipinski definition) is 4. The maximum Gasteiger partial charge on any atom is 0.133 e. The normalized spacial score (nSPS) is 17.4. The van der Waals surface area contributed by atoms with Gasteiger partial charge in [0.1, 0.15) is 5.75 Å². The van der Waals surface area contributed by atoms with Gasteiger partial charge in [-0.1, -0.05) is 6.07 Å². The predicted molar refractivity (Wildman–Crippen MR) is 86.3 cm³/mol. The van der Waals surface area contributed by atoms with E-state index in [1.165, 1.54) is 31.7 Å². The van der Waals surface area contributed by atoms with Crippen molar-refractivity contribution in [3.8, 4) is 5.75 Å². The van der Waals surface area contributed by atoms with Crippen LogP contribution in [0.25, 0.3) is 0 Å². The number of nitrogens with zero attached hydrogens (tertiary/aromatic N) is 2. The van der Waals surface area contributed by atoms with Crippen molar-refractivity contribution in [3.05, 3.63) is 28.2 Å². The first-order chi connectivity index (χ1) is 9.69. The Morgan fingerprint density at radius 1 is 1.25 bits per heavy atom. The minimum atomic E-state index is 0.881. The van der Waals surface area contributed by atoms with Crippen molar-refractivity contribution in [2.75, 3.05) is 53.4 Å². The number of ether oxygens (including phenoxy) is 1. The van der Waals surface area contributed by atoms with Gasteiger partial charge >= 0.3 is 0 Å². The molecule has 0 saturated carbocycles. The molecule has 0 aliphatic carbocycles. The van der Waals surface area contributed by atoms with Crippen molar-refractivity contribution in [3.63, 3.8) is 0 Å². The second kappa shape index (κ2) is 7.98. The summed E-state index contributed by atoms with van der Waals surface area (Å²) in [6.07, 6.45) is 0. The minimum absolute atomic E-state index is 0.881. The van der Waals surface area contributed by atoms with Crippen molar-refractivity contribution >= 4 is 15.9 Å². The summed E-state index contributed by atoms with van der Waals surface area (Å²) in [5, 5.41) is 3.51. The van der Waals surface area contributed by atoms with Gasteiger partial charge in [0.25, 0.3) is 0 Å². The van der Waals surface area contributed by atoms with E-state index in [1.807, 2.05) is 6.07 Å². The lowest BCUT2D eigenvalue weighted by Gasteiger charge is -2.32. The molecular weight excluding hydrogens is 318 g/mol. The summed E-state index contributed by atoms with van der Waals surface area (Å²) < 4.78 is 6.25. The number of benzene rings is 1. The molecule has 0 radical (unpaired) electrons. The monoisotopic (exact) mass is 341 g/mol. The maximum absolute atomic E-state index is 5.24. The fourth-order valence-electron chi connectivity index (χ4n) is 2.36. The lowest BCUT2D eigenvalue weighted by Crippen LogP contribution is -2.46. The number of likely N-dealkylation sites (N-methyl/N-ethyl adjacent to an activating group) is 1. The fraction of sp³-hybridized carbons (Fsp3) is 0.600. The second-order valence-corrected chi connectivity index (χ2v) is 6.14. The predicted octanol–water partition coefficient (Wildman–Crippen LogP) is 1.79. The number of methoxy groups -OCH3 is 1.